The number of ether oxygens (including phenoxy) is 1. The van der Waals surface area contributed by atoms with E-state index < -0.39 is 0 Å². The van der Waals surface area contributed by atoms with Crippen molar-refractivity contribution in [2.75, 3.05) is 37.7 Å². The highest BCUT2D eigenvalue weighted by Crippen LogP contribution is 2.20. The number of piperidine rings is 1. The molecule has 0 radical (unpaired) electrons. The molecule has 1 N–H and O–H groups in total. The van der Waals surface area contributed by atoms with Crippen LogP contribution in [0.15, 0.2) is 24.5 Å². The van der Waals surface area contributed by atoms with Gasteiger partial charge in [-0.15, -0.1) is 0 Å². The van der Waals surface area contributed by atoms with Crippen molar-refractivity contribution in [1.82, 2.24) is 10.3 Å². The van der Waals surface area contributed by atoms with Crippen LogP contribution in [0.4, 0.5) is 5.69 Å². The average molecular weight is 275 g/mol. The predicted molar refractivity (Wildman–Crippen MR) is 81.0 cm³/mol. The lowest BCUT2D eigenvalue weighted by molar-refractivity contribution is 0.0651. The predicted octanol–water partition coefficient (Wildman–Crippen LogP) is 2.07. The Morgan fingerprint density at radius 2 is 1.80 bits per heavy atom. The molecule has 0 unspecified atom stereocenters. The minimum atomic E-state index is 0.691. The van der Waals surface area contributed by atoms with Crippen molar-refractivity contribution in [3.8, 4) is 0 Å². The summed E-state index contributed by atoms with van der Waals surface area (Å²) in [5, 5.41) is 3.77. The third-order valence-corrected chi connectivity index (χ3v) is 4.56. The fourth-order valence-corrected chi connectivity index (χ4v) is 3.18. The second-order valence-electron chi connectivity index (χ2n) is 5.93. The summed E-state index contributed by atoms with van der Waals surface area (Å²) < 4.78 is 5.42. The van der Waals surface area contributed by atoms with Crippen LogP contribution in [-0.2, 0) is 4.74 Å². The maximum Gasteiger partial charge on any atom is 0.0469 e. The van der Waals surface area contributed by atoms with Gasteiger partial charge in [0, 0.05) is 50.4 Å². The van der Waals surface area contributed by atoms with Crippen LogP contribution >= 0.6 is 0 Å². The number of nitrogens with one attached hydrogen (secondary N) is 1. The van der Waals surface area contributed by atoms with E-state index in [0.717, 1.165) is 32.2 Å². The van der Waals surface area contributed by atoms with Gasteiger partial charge in [-0.3, -0.25) is 4.98 Å². The summed E-state index contributed by atoms with van der Waals surface area (Å²) in [6, 6.07) is 4.90. The molecule has 4 heteroatoms. The van der Waals surface area contributed by atoms with Gasteiger partial charge in [-0.1, -0.05) is 0 Å². The quantitative estimate of drug-likeness (QED) is 0.913. The van der Waals surface area contributed by atoms with Gasteiger partial charge in [0.25, 0.3) is 0 Å². The Morgan fingerprint density at radius 1 is 1.10 bits per heavy atom. The van der Waals surface area contributed by atoms with E-state index in [4.69, 9.17) is 4.74 Å². The maximum absolute atomic E-state index is 5.42. The monoisotopic (exact) mass is 275 g/mol. The summed E-state index contributed by atoms with van der Waals surface area (Å²) in [6.07, 6.45) is 8.69. The first-order valence-electron chi connectivity index (χ1n) is 7.88. The zero-order chi connectivity index (χ0) is 13.6. The largest absolute Gasteiger partial charge is 0.381 e. The van der Waals surface area contributed by atoms with Gasteiger partial charge in [-0.05, 0) is 50.3 Å². The van der Waals surface area contributed by atoms with Crippen molar-refractivity contribution in [3.63, 3.8) is 0 Å². The molecule has 20 heavy (non-hydrogen) atoms. The lowest BCUT2D eigenvalue weighted by atomic mass is 9.98. The Labute approximate surface area is 121 Å². The molecule has 110 valence electrons. The van der Waals surface area contributed by atoms with Crippen LogP contribution in [0.1, 0.15) is 25.7 Å². The van der Waals surface area contributed by atoms with Gasteiger partial charge in [0.2, 0.25) is 0 Å². The van der Waals surface area contributed by atoms with Crippen LogP contribution in [-0.4, -0.2) is 43.9 Å². The molecule has 0 spiro atoms. The molecular formula is C16H25N3O. The number of aromatic nitrogens is 1. The van der Waals surface area contributed by atoms with Crippen molar-refractivity contribution in [3.05, 3.63) is 24.5 Å². The summed E-state index contributed by atoms with van der Waals surface area (Å²) in [6.45, 7) is 5.37. The second-order valence-corrected chi connectivity index (χ2v) is 5.93. The van der Waals surface area contributed by atoms with Crippen LogP contribution in [0.2, 0.25) is 0 Å². The molecule has 4 nitrogen and oxygen atoms in total. The first kappa shape index (κ1) is 13.8. The molecule has 2 saturated heterocycles. The van der Waals surface area contributed by atoms with E-state index in [0.29, 0.717) is 6.04 Å². The first-order chi connectivity index (χ1) is 9.92. The Morgan fingerprint density at radius 3 is 2.50 bits per heavy atom. The van der Waals surface area contributed by atoms with Gasteiger partial charge in [0.1, 0.15) is 0 Å². The third kappa shape index (κ3) is 3.70. The van der Waals surface area contributed by atoms with E-state index in [1.165, 1.54) is 37.9 Å². The van der Waals surface area contributed by atoms with Gasteiger partial charge < -0.3 is 15.0 Å². The number of hydrogen-bond acceptors (Lipinski definition) is 4. The van der Waals surface area contributed by atoms with Gasteiger partial charge in [0.05, 0.1) is 0 Å². The molecule has 3 heterocycles. The van der Waals surface area contributed by atoms with Crippen molar-refractivity contribution in [2.24, 2.45) is 5.92 Å². The Hall–Kier alpha value is -1.13. The summed E-state index contributed by atoms with van der Waals surface area (Å²) in [5.74, 6) is 0.821. The van der Waals surface area contributed by atoms with Gasteiger partial charge in [-0.25, -0.2) is 0 Å². The fourth-order valence-electron chi connectivity index (χ4n) is 3.18. The van der Waals surface area contributed by atoms with E-state index in [1.54, 1.807) is 0 Å². The van der Waals surface area contributed by atoms with Gasteiger partial charge >= 0.3 is 0 Å². The Kier molecular flexibility index (Phi) is 4.87. The highest BCUT2D eigenvalue weighted by molar-refractivity contribution is 5.44. The van der Waals surface area contributed by atoms with Crippen LogP contribution in [0.25, 0.3) is 0 Å². The standard InChI is InChI=1S/C16H25N3O/c1-7-17-8-2-16(1)19-9-3-15(4-10-19)18-13-14-5-11-20-12-6-14/h1-2,7-8,14-15,18H,3-6,9-13H2. The van der Waals surface area contributed by atoms with Crippen LogP contribution in [0.5, 0.6) is 0 Å². The molecule has 3 rings (SSSR count). The van der Waals surface area contributed by atoms with Crippen molar-refractivity contribution < 1.29 is 4.74 Å². The third-order valence-electron chi connectivity index (χ3n) is 4.56. The van der Waals surface area contributed by atoms with E-state index in [9.17, 15) is 0 Å². The zero-order valence-electron chi connectivity index (χ0n) is 12.1. The lowest BCUT2D eigenvalue weighted by Crippen LogP contribution is -2.44. The maximum atomic E-state index is 5.42. The molecule has 2 aliphatic rings. The van der Waals surface area contributed by atoms with Crippen LogP contribution in [0, 0.1) is 5.92 Å². The summed E-state index contributed by atoms with van der Waals surface area (Å²) in [7, 11) is 0. The number of hydrogen-bond donors (Lipinski definition) is 1. The topological polar surface area (TPSA) is 37.4 Å². The lowest BCUT2D eigenvalue weighted by Gasteiger charge is -2.35. The molecule has 1 aromatic heterocycles. The van der Waals surface area contributed by atoms with Crippen molar-refractivity contribution >= 4 is 5.69 Å². The normalized spacial score (nSPS) is 22.1. The summed E-state index contributed by atoms with van der Waals surface area (Å²) in [5.41, 5.74) is 1.31. The molecule has 0 bridgehead atoms. The molecule has 1 aromatic rings. The minimum Gasteiger partial charge on any atom is -0.381 e. The summed E-state index contributed by atoms with van der Waals surface area (Å²) in [4.78, 5) is 6.55. The van der Waals surface area contributed by atoms with Gasteiger partial charge in [-0.2, -0.15) is 0 Å². The fraction of sp³-hybridized carbons (Fsp3) is 0.688. The minimum absolute atomic E-state index is 0.691. The molecule has 0 atom stereocenters. The smallest absolute Gasteiger partial charge is 0.0469 e. The van der Waals surface area contributed by atoms with Crippen molar-refractivity contribution in [1.29, 1.82) is 0 Å². The van der Waals surface area contributed by atoms with Crippen LogP contribution < -0.4 is 10.2 Å². The van der Waals surface area contributed by atoms with Gasteiger partial charge in [0.15, 0.2) is 0 Å². The number of pyridine rings is 1. The molecule has 0 amide bonds. The molecule has 2 aliphatic heterocycles. The molecule has 0 aromatic carbocycles. The average Bonchev–Trinajstić information content (AvgIpc) is 2.55. The van der Waals surface area contributed by atoms with E-state index >= 15 is 0 Å². The van der Waals surface area contributed by atoms with Crippen molar-refractivity contribution in [2.45, 2.75) is 31.7 Å². The number of nitrogens with zero attached hydrogens (tertiary/aromatic N) is 2. The molecule has 0 saturated carbocycles. The Bertz CT molecular complexity index is 384. The van der Waals surface area contributed by atoms with E-state index in [-0.39, 0.29) is 0 Å². The highest BCUT2D eigenvalue weighted by atomic mass is 16.5. The number of anilines is 1. The van der Waals surface area contributed by atoms with E-state index in [2.05, 4.69) is 27.3 Å². The highest BCUT2D eigenvalue weighted by Gasteiger charge is 2.21. The van der Waals surface area contributed by atoms with Crippen LogP contribution in [0.3, 0.4) is 0 Å². The zero-order valence-corrected chi connectivity index (χ0v) is 12.1. The second kappa shape index (κ2) is 7.04. The number of rotatable bonds is 4. The molecular weight excluding hydrogens is 250 g/mol. The first-order valence-corrected chi connectivity index (χ1v) is 7.88. The summed E-state index contributed by atoms with van der Waals surface area (Å²) >= 11 is 0. The molecule has 0 aliphatic carbocycles. The SMILES string of the molecule is c1cc(N2CCC(NCC3CCOCC3)CC2)ccn1. The van der Waals surface area contributed by atoms with E-state index in [1.807, 2.05) is 12.4 Å². The Balaban J connectivity index is 1.40. The molecule has 2 fully saturated rings.